The smallest absolute Gasteiger partial charge is 0.243 e. The molecule has 6 heteroatoms. The molecule has 0 saturated heterocycles. The molecule has 0 bridgehead atoms. The first-order valence-electron chi connectivity index (χ1n) is 12.2. The summed E-state index contributed by atoms with van der Waals surface area (Å²) in [7, 11) is 0. The van der Waals surface area contributed by atoms with Crippen molar-refractivity contribution < 1.29 is 14.0 Å². The molecule has 190 valence electrons. The minimum atomic E-state index is -0.700. The molecule has 0 aromatic heterocycles. The van der Waals surface area contributed by atoms with E-state index in [2.05, 4.69) is 29.6 Å². The summed E-state index contributed by atoms with van der Waals surface area (Å²) in [5.74, 6) is -0.0461. The van der Waals surface area contributed by atoms with Gasteiger partial charge in [0.25, 0.3) is 0 Å². The van der Waals surface area contributed by atoms with E-state index in [-0.39, 0.29) is 30.6 Å². The number of thioether (sulfide) groups is 1. The third-order valence-electron chi connectivity index (χ3n) is 5.64. The maximum Gasteiger partial charge on any atom is 0.243 e. The topological polar surface area (TPSA) is 49.4 Å². The fourth-order valence-corrected chi connectivity index (χ4v) is 4.67. The number of hydrogen-bond acceptors (Lipinski definition) is 3. The molecule has 0 spiro atoms. The first kappa shape index (κ1) is 27.5. The van der Waals surface area contributed by atoms with E-state index in [4.69, 9.17) is 0 Å². The van der Waals surface area contributed by atoms with Crippen molar-refractivity contribution in [1.29, 1.82) is 0 Å². The van der Waals surface area contributed by atoms with E-state index >= 15 is 0 Å². The van der Waals surface area contributed by atoms with Gasteiger partial charge in [-0.2, -0.15) is 0 Å². The van der Waals surface area contributed by atoms with Gasteiger partial charge in [0, 0.05) is 35.6 Å². The minimum Gasteiger partial charge on any atom is -0.350 e. The molecule has 4 nitrogen and oxygen atoms in total. The number of hydrogen-bond donors (Lipinski definition) is 1. The van der Waals surface area contributed by atoms with Gasteiger partial charge in [-0.1, -0.05) is 60.2 Å². The number of rotatable bonds is 10. The molecule has 1 atom stereocenters. The Morgan fingerprint density at radius 1 is 0.917 bits per heavy atom. The second-order valence-electron chi connectivity index (χ2n) is 10.0. The van der Waals surface area contributed by atoms with E-state index in [0.29, 0.717) is 12.2 Å². The normalized spacial score (nSPS) is 12.1. The molecule has 0 radical (unpaired) electrons. The molecule has 36 heavy (non-hydrogen) atoms. The van der Waals surface area contributed by atoms with Gasteiger partial charge in [-0.3, -0.25) is 9.59 Å². The van der Waals surface area contributed by atoms with Crippen LogP contribution < -0.4 is 5.32 Å². The van der Waals surface area contributed by atoms with Crippen LogP contribution in [0.25, 0.3) is 0 Å². The first-order valence-corrected chi connectivity index (χ1v) is 13.2. The summed E-state index contributed by atoms with van der Waals surface area (Å²) in [4.78, 5) is 29.9. The zero-order valence-electron chi connectivity index (χ0n) is 21.5. The Hall–Kier alpha value is -3.12. The van der Waals surface area contributed by atoms with E-state index in [1.165, 1.54) is 17.7 Å². The van der Waals surface area contributed by atoms with Crippen LogP contribution in [-0.2, 0) is 22.6 Å². The van der Waals surface area contributed by atoms with Crippen LogP contribution in [0, 0.1) is 12.7 Å². The van der Waals surface area contributed by atoms with Gasteiger partial charge in [0.1, 0.15) is 11.9 Å². The quantitative estimate of drug-likeness (QED) is 0.335. The highest BCUT2D eigenvalue weighted by atomic mass is 32.2. The minimum absolute atomic E-state index is 0.107. The van der Waals surface area contributed by atoms with Crippen molar-refractivity contribution in [2.24, 2.45) is 0 Å². The summed E-state index contributed by atoms with van der Waals surface area (Å²) in [5.41, 5.74) is 2.49. The van der Waals surface area contributed by atoms with Crippen LogP contribution in [-0.4, -0.2) is 34.0 Å². The Balaban J connectivity index is 1.85. The van der Waals surface area contributed by atoms with Crippen LogP contribution in [0.4, 0.5) is 4.39 Å². The number of aryl methyl sites for hydroxylation is 1. The van der Waals surface area contributed by atoms with Crippen molar-refractivity contribution in [3.8, 4) is 0 Å². The van der Waals surface area contributed by atoms with Crippen LogP contribution in [0.15, 0.2) is 83.8 Å². The zero-order chi connectivity index (χ0) is 26.1. The number of benzene rings is 3. The van der Waals surface area contributed by atoms with Gasteiger partial charge in [0.05, 0.1) is 0 Å². The summed E-state index contributed by atoms with van der Waals surface area (Å²) >= 11 is 1.62. The monoisotopic (exact) mass is 506 g/mol. The number of nitrogens with zero attached hydrogens (tertiary/aromatic N) is 1. The maximum absolute atomic E-state index is 13.6. The predicted octanol–water partition coefficient (Wildman–Crippen LogP) is 6.17. The Bertz CT molecular complexity index is 1130. The molecule has 3 aromatic rings. The van der Waals surface area contributed by atoms with Crippen molar-refractivity contribution in [3.63, 3.8) is 0 Å². The number of halogens is 1. The molecule has 0 aliphatic rings. The van der Waals surface area contributed by atoms with Crippen LogP contribution in [0.2, 0.25) is 0 Å². The number of nitrogens with one attached hydrogen (secondary N) is 1. The highest BCUT2D eigenvalue weighted by molar-refractivity contribution is 7.99. The largest absolute Gasteiger partial charge is 0.350 e. The molecule has 3 aromatic carbocycles. The van der Waals surface area contributed by atoms with Gasteiger partial charge in [-0.15, -0.1) is 11.8 Å². The van der Waals surface area contributed by atoms with Crippen molar-refractivity contribution in [1.82, 2.24) is 10.2 Å². The fourth-order valence-electron chi connectivity index (χ4n) is 3.83. The van der Waals surface area contributed by atoms with Gasteiger partial charge in [0.2, 0.25) is 11.8 Å². The molecule has 3 rings (SSSR count). The van der Waals surface area contributed by atoms with Crippen molar-refractivity contribution in [2.75, 3.05) is 5.75 Å². The Morgan fingerprint density at radius 2 is 1.56 bits per heavy atom. The molecular weight excluding hydrogens is 471 g/mol. The molecule has 0 heterocycles. The fraction of sp³-hybridized carbons (Fsp3) is 0.333. The third kappa shape index (κ3) is 8.83. The SMILES string of the molecule is Cc1ccc(SCCC(=O)N(Cc2ccc(F)cc2)[C@H](Cc2ccccc2)C(=O)NC(C)(C)C)cc1. The van der Waals surface area contributed by atoms with Gasteiger partial charge in [-0.05, 0) is 63.1 Å². The van der Waals surface area contributed by atoms with Crippen LogP contribution in [0.1, 0.15) is 43.9 Å². The summed E-state index contributed by atoms with van der Waals surface area (Å²) in [6, 6.07) is 23.3. The Kier molecular flexibility index (Phi) is 9.71. The molecule has 0 aliphatic heterocycles. The van der Waals surface area contributed by atoms with Crippen LogP contribution >= 0.6 is 11.8 Å². The molecule has 2 amide bonds. The maximum atomic E-state index is 13.6. The lowest BCUT2D eigenvalue weighted by molar-refractivity contribution is -0.141. The summed E-state index contributed by atoms with van der Waals surface area (Å²) in [5, 5.41) is 3.06. The highest BCUT2D eigenvalue weighted by Gasteiger charge is 2.32. The summed E-state index contributed by atoms with van der Waals surface area (Å²) in [6.07, 6.45) is 0.675. The van der Waals surface area contributed by atoms with E-state index in [0.717, 1.165) is 16.0 Å². The standard InChI is InChI=1S/C30H35FN2O2S/c1-22-10-16-26(17-11-22)36-19-18-28(34)33(21-24-12-14-25(31)15-13-24)27(29(35)32-30(2,3)4)20-23-8-6-5-7-9-23/h5-17,27H,18-21H2,1-4H3,(H,32,35)/t27-/m1/s1. The lowest BCUT2D eigenvalue weighted by Gasteiger charge is -2.34. The third-order valence-corrected chi connectivity index (χ3v) is 6.65. The van der Waals surface area contributed by atoms with Gasteiger partial charge in [0.15, 0.2) is 0 Å². The number of carbonyl (C=O) groups is 2. The van der Waals surface area contributed by atoms with Crippen LogP contribution in [0.5, 0.6) is 0 Å². The predicted molar refractivity (Wildman–Crippen MR) is 145 cm³/mol. The van der Waals surface area contributed by atoms with Crippen LogP contribution in [0.3, 0.4) is 0 Å². The molecule has 1 N–H and O–H groups in total. The summed E-state index contributed by atoms with van der Waals surface area (Å²) in [6.45, 7) is 8.04. The second-order valence-corrected chi connectivity index (χ2v) is 11.2. The lowest BCUT2D eigenvalue weighted by Crippen LogP contribution is -2.54. The molecule has 0 saturated carbocycles. The van der Waals surface area contributed by atoms with Gasteiger partial charge in [-0.25, -0.2) is 4.39 Å². The van der Waals surface area contributed by atoms with Crippen molar-refractivity contribution in [3.05, 3.63) is 101 Å². The molecule has 0 fully saturated rings. The Labute approximate surface area is 218 Å². The zero-order valence-corrected chi connectivity index (χ0v) is 22.3. The number of carbonyl (C=O) groups excluding carboxylic acids is 2. The average Bonchev–Trinajstić information content (AvgIpc) is 2.83. The Morgan fingerprint density at radius 3 is 2.17 bits per heavy atom. The molecular formula is C30H35FN2O2S. The highest BCUT2D eigenvalue weighted by Crippen LogP contribution is 2.22. The summed E-state index contributed by atoms with van der Waals surface area (Å²) < 4.78 is 13.5. The van der Waals surface area contributed by atoms with E-state index < -0.39 is 11.6 Å². The average molecular weight is 507 g/mol. The number of amides is 2. The van der Waals surface area contributed by atoms with Gasteiger partial charge < -0.3 is 10.2 Å². The molecule has 0 unspecified atom stereocenters. The van der Waals surface area contributed by atoms with Crippen molar-refractivity contribution in [2.45, 2.75) is 63.6 Å². The second kappa shape index (κ2) is 12.7. The first-order chi connectivity index (χ1) is 17.1. The van der Waals surface area contributed by atoms with E-state index in [1.54, 1.807) is 28.8 Å². The van der Waals surface area contributed by atoms with Gasteiger partial charge >= 0.3 is 0 Å². The van der Waals surface area contributed by atoms with E-state index in [1.807, 2.05) is 58.0 Å². The lowest BCUT2D eigenvalue weighted by atomic mass is 10.0. The molecule has 0 aliphatic carbocycles. The van der Waals surface area contributed by atoms with Crippen molar-refractivity contribution >= 4 is 23.6 Å². The van der Waals surface area contributed by atoms with E-state index in [9.17, 15) is 14.0 Å².